The SMILES string of the molecule is CS(=O)(=O)N1CCN2C(=O)N(C3CCCCC3)C(=O)[C@H]2C1. The van der Waals surface area contributed by atoms with Gasteiger partial charge in [0.25, 0.3) is 5.91 Å². The third kappa shape index (κ3) is 2.55. The fourth-order valence-corrected chi connectivity index (χ4v) is 4.39. The first-order chi connectivity index (χ1) is 9.89. The summed E-state index contributed by atoms with van der Waals surface area (Å²) < 4.78 is 24.6. The molecule has 0 bridgehead atoms. The van der Waals surface area contributed by atoms with E-state index in [9.17, 15) is 18.0 Å². The van der Waals surface area contributed by atoms with E-state index in [1.165, 1.54) is 9.21 Å². The number of hydrogen-bond acceptors (Lipinski definition) is 4. The fraction of sp³-hybridized carbons (Fsp3) is 0.846. The summed E-state index contributed by atoms with van der Waals surface area (Å²) in [5.74, 6) is -0.222. The van der Waals surface area contributed by atoms with Gasteiger partial charge < -0.3 is 4.90 Å². The molecule has 3 rings (SSSR count). The highest BCUT2D eigenvalue weighted by molar-refractivity contribution is 7.88. The van der Waals surface area contributed by atoms with E-state index in [1.54, 1.807) is 4.90 Å². The monoisotopic (exact) mass is 315 g/mol. The summed E-state index contributed by atoms with van der Waals surface area (Å²) in [5.41, 5.74) is 0. The van der Waals surface area contributed by atoms with Crippen LogP contribution in [-0.2, 0) is 14.8 Å². The lowest BCUT2D eigenvalue weighted by molar-refractivity contribution is -0.130. The molecule has 2 aliphatic heterocycles. The molecule has 0 unspecified atom stereocenters. The Balaban J connectivity index is 1.79. The molecule has 3 aliphatic rings. The Hall–Kier alpha value is -1.15. The van der Waals surface area contributed by atoms with Crippen molar-refractivity contribution in [1.82, 2.24) is 14.1 Å². The average molecular weight is 315 g/mol. The lowest BCUT2D eigenvalue weighted by Crippen LogP contribution is -2.54. The highest BCUT2D eigenvalue weighted by atomic mass is 32.2. The molecule has 0 spiro atoms. The van der Waals surface area contributed by atoms with Crippen molar-refractivity contribution >= 4 is 22.0 Å². The molecule has 0 N–H and O–H groups in total. The Morgan fingerprint density at radius 2 is 1.71 bits per heavy atom. The van der Waals surface area contributed by atoms with Gasteiger partial charge in [0.2, 0.25) is 10.0 Å². The molecular formula is C13H21N3O4S. The molecule has 7 nitrogen and oxygen atoms in total. The Morgan fingerprint density at radius 3 is 2.33 bits per heavy atom. The number of piperazine rings is 1. The third-order valence-electron chi connectivity index (χ3n) is 4.73. The van der Waals surface area contributed by atoms with Gasteiger partial charge in [-0.25, -0.2) is 13.2 Å². The van der Waals surface area contributed by atoms with Gasteiger partial charge in [-0.05, 0) is 12.8 Å². The largest absolute Gasteiger partial charge is 0.327 e. The summed E-state index contributed by atoms with van der Waals surface area (Å²) in [6.45, 7) is 0.658. The van der Waals surface area contributed by atoms with Gasteiger partial charge in [0.1, 0.15) is 6.04 Å². The highest BCUT2D eigenvalue weighted by Crippen LogP contribution is 2.30. The van der Waals surface area contributed by atoms with E-state index >= 15 is 0 Å². The van der Waals surface area contributed by atoms with E-state index in [0.717, 1.165) is 38.4 Å². The Bertz CT molecular complexity index is 556. The molecule has 21 heavy (non-hydrogen) atoms. The van der Waals surface area contributed by atoms with Gasteiger partial charge in [0, 0.05) is 25.7 Å². The third-order valence-corrected chi connectivity index (χ3v) is 6.00. The van der Waals surface area contributed by atoms with Crippen molar-refractivity contribution in [1.29, 1.82) is 0 Å². The summed E-state index contributed by atoms with van der Waals surface area (Å²) in [4.78, 5) is 28.0. The van der Waals surface area contributed by atoms with Crippen LogP contribution < -0.4 is 0 Å². The number of carbonyl (C=O) groups excluding carboxylic acids is 2. The molecule has 3 fully saturated rings. The van der Waals surface area contributed by atoms with Crippen LogP contribution in [0, 0.1) is 0 Å². The molecule has 1 aliphatic carbocycles. The lowest BCUT2D eigenvalue weighted by Gasteiger charge is -2.33. The first-order valence-electron chi connectivity index (χ1n) is 7.48. The van der Waals surface area contributed by atoms with Crippen molar-refractivity contribution in [2.45, 2.75) is 44.2 Å². The number of sulfonamides is 1. The second-order valence-electron chi connectivity index (χ2n) is 6.11. The molecule has 3 amide bonds. The van der Waals surface area contributed by atoms with Gasteiger partial charge in [-0.1, -0.05) is 19.3 Å². The van der Waals surface area contributed by atoms with Gasteiger partial charge >= 0.3 is 6.03 Å². The Kier molecular flexibility index (Phi) is 3.69. The minimum absolute atomic E-state index is 0.00367. The van der Waals surface area contributed by atoms with Crippen LogP contribution in [0.4, 0.5) is 4.79 Å². The number of fused-ring (bicyclic) bond motifs is 1. The maximum Gasteiger partial charge on any atom is 0.327 e. The molecule has 0 aromatic rings. The molecule has 0 aromatic heterocycles. The number of imide groups is 1. The van der Waals surface area contributed by atoms with E-state index in [4.69, 9.17) is 0 Å². The van der Waals surface area contributed by atoms with Crippen LogP contribution in [-0.4, -0.2) is 72.4 Å². The smallest absolute Gasteiger partial charge is 0.310 e. The maximum atomic E-state index is 12.6. The Morgan fingerprint density at radius 1 is 1.05 bits per heavy atom. The standard InChI is InChI=1S/C13H21N3O4S/c1-21(19,20)14-7-8-15-11(9-14)12(17)16(13(15)18)10-5-3-2-4-6-10/h10-11H,2-9H2,1H3/t11-/m1/s1. The van der Waals surface area contributed by atoms with E-state index in [-0.39, 0.29) is 31.1 Å². The van der Waals surface area contributed by atoms with Crippen molar-refractivity contribution in [3.05, 3.63) is 0 Å². The lowest BCUT2D eigenvalue weighted by atomic mass is 9.94. The number of amides is 3. The first-order valence-corrected chi connectivity index (χ1v) is 9.33. The zero-order valence-corrected chi connectivity index (χ0v) is 13.0. The molecule has 2 saturated heterocycles. The van der Waals surface area contributed by atoms with Gasteiger partial charge in [-0.15, -0.1) is 0 Å². The van der Waals surface area contributed by atoms with Crippen LogP contribution >= 0.6 is 0 Å². The van der Waals surface area contributed by atoms with Gasteiger partial charge in [0.05, 0.1) is 6.26 Å². The van der Waals surface area contributed by atoms with Crippen LogP contribution in [0.5, 0.6) is 0 Å². The van der Waals surface area contributed by atoms with Crippen molar-refractivity contribution in [2.24, 2.45) is 0 Å². The van der Waals surface area contributed by atoms with E-state index in [2.05, 4.69) is 0 Å². The molecule has 1 atom stereocenters. The number of nitrogens with zero attached hydrogens (tertiary/aromatic N) is 3. The van der Waals surface area contributed by atoms with Crippen molar-refractivity contribution in [3.8, 4) is 0 Å². The highest BCUT2D eigenvalue weighted by Gasteiger charge is 2.50. The summed E-state index contributed by atoms with van der Waals surface area (Å²) in [7, 11) is -3.32. The summed E-state index contributed by atoms with van der Waals surface area (Å²) in [5, 5.41) is 0. The molecule has 0 aromatic carbocycles. The normalized spacial score (nSPS) is 29.1. The van der Waals surface area contributed by atoms with E-state index in [1.807, 2.05) is 0 Å². The zero-order chi connectivity index (χ0) is 15.2. The molecule has 8 heteroatoms. The van der Waals surface area contributed by atoms with Crippen molar-refractivity contribution in [3.63, 3.8) is 0 Å². The van der Waals surface area contributed by atoms with Crippen LogP contribution in [0.2, 0.25) is 0 Å². The molecule has 2 heterocycles. The fourth-order valence-electron chi connectivity index (χ4n) is 3.57. The van der Waals surface area contributed by atoms with Crippen molar-refractivity contribution < 1.29 is 18.0 Å². The molecule has 0 radical (unpaired) electrons. The van der Waals surface area contributed by atoms with Crippen LogP contribution in [0.1, 0.15) is 32.1 Å². The zero-order valence-electron chi connectivity index (χ0n) is 12.2. The average Bonchev–Trinajstić information content (AvgIpc) is 2.70. The summed E-state index contributed by atoms with van der Waals surface area (Å²) in [6.07, 6.45) is 6.12. The predicted molar refractivity (Wildman–Crippen MR) is 76.0 cm³/mol. The quantitative estimate of drug-likeness (QED) is 0.683. The summed E-state index contributed by atoms with van der Waals surface area (Å²) in [6, 6.07) is -0.871. The molecular weight excluding hydrogens is 294 g/mol. The Labute approximate surface area is 124 Å². The number of carbonyl (C=O) groups is 2. The topological polar surface area (TPSA) is 78.0 Å². The molecule has 118 valence electrons. The second-order valence-corrected chi connectivity index (χ2v) is 8.10. The minimum Gasteiger partial charge on any atom is -0.310 e. The summed E-state index contributed by atoms with van der Waals surface area (Å²) >= 11 is 0. The van der Waals surface area contributed by atoms with Gasteiger partial charge in [-0.2, -0.15) is 4.31 Å². The van der Waals surface area contributed by atoms with Crippen LogP contribution in [0.3, 0.4) is 0 Å². The van der Waals surface area contributed by atoms with E-state index in [0.29, 0.717) is 6.54 Å². The maximum absolute atomic E-state index is 12.6. The number of rotatable bonds is 2. The predicted octanol–water partition coefficient (Wildman–Crippen LogP) is 0.227. The first kappa shape index (κ1) is 14.8. The van der Waals surface area contributed by atoms with Crippen LogP contribution in [0.15, 0.2) is 0 Å². The number of hydrogen-bond donors (Lipinski definition) is 0. The number of urea groups is 1. The minimum atomic E-state index is -3.32. The second kappa shape index (κ2) is 5.24. The molecule has 1 saturated carbocycles. The van der Waals surface area contributed by atoms with Crippen LogP contribution in [0.25, 0.3) is 0 Å². The van der Waals surface area contributed by atoms with E-state index < -0.39 is 16.1 Å². The van der Waals surface area contributed by atoms with Crippen molar-refractivity contribution in [2.75, 3.05) is 25.9 Å². The van der Waals surface area contributed by atoms with Gasteiger partial charge in [0.15, 0.2) is 0 Å². The van der Waals surface area contributed by atoms with Gasteiger partial charge in [-0.3, -0.25) is 9.69 Å².